The molecule has 210 valence electrons. The quantitative estimate of drug-likeness (QED) is 0.287. The van der Waals surface area contributed by atoms with E-state index in [1.165, 1.54) is 41.4 Å². The molecular formula is C30H35F2N7O. The molecule has 8 nitrogen and oxygen atoms in total. The summed E-state index contributed by atoms with van der Waals surface area (Å²) in [5, 5.41) is 3.52. The number of morpholine rings is 1. The maximum atomic E-state index is 14.2. The van der Waals surface area contributed by atoms with Crippen LogP contribution in [0, 0.1) is 0 Å². The standard InChI is InChI=1S/C30H35F2N7O/c1-30(2,19-21-11-5-6-12-22(21)20-9-3-4-10-20)37-27-34-28(38-15-17-40-18-16-38)36-29(35-27)39-24-14-8-7-13-23(24)33-26(39)25(31)32/h5-8,11-14,20,25H,3-4,9-10,15-19H2,1-2H3,(H,34,35,36,37). The van der Waals surface area contributed by atoms with Crippen LogP contribution < -0.4 is 10.2 Å². The molecule has 2 aliphatic rings. The topological polar surface area (TPSA) is 81.0 Å². The van der Waals surface area contributed by atoms with E-state index in [1.54, 1.807) is 24.3 Å². The second-order valence-corrected chi connectivity index (χ2v) is 11.3. The van der Waals surface area contributed by atoms with Gasteiger partial charge < -0.3 is 15.0 Å². The number of nitrogens with zero attached hydrogens (tertiary/aromatic N) is 6. The third kappa shape index (κ3) is 5.50. The fourth-order valence-corrected chi connectivity index (χ4v) is 5.97. The number of ether oxygens (including phenoxy) is 1. The Labute approximate surface area is 232 Å². The van der Waals surface area contributed by atoms with Crippen LogP contribution in [-0.4, -0.2) is 56.3 Å². The largest absolute Gasteiger partial charge is 0.378 e. The summed E-state index contributed by atoms with van der Waals surface area (Å²) < 4.78 is 35.2. The van der Waals surface area contributed by atoms with Gasteiger partial charge in [0.25, 0.3) is 6.43 Å². The van der Waals surface area contributed by atoms with E-state index >= 15 is 0 Å². The van der Waals surface area contributed by atoms with Crippen LogP contribution in [0.3, 0.4) is 0 Å². The molecule has 10 heteroatoms. The molecule has 1 saturated heterocycles. The van der Waals surface area contributed by atoms with E-state index in [0.717, 1.165) is 6.42 Å². The summed E-state index contributed by atoms with van der Waals surface area (Å²) in [4.78, 5) is 20.3. The summed E-state index contributed by atoms with van der Waals surface area (Å²) in [6, 6.07) is 15.7. The van der Waals surface area contributed by atoms with Crippen molar-refractivity contribution in [2.45, 2.75) is 63.8 Å². The third-order valence-corrected chi connectivity index (χ3v) is 7.82. The number of hydrogen-bond donors (Lipinski definition) is 1. The van der Waals surface area contributed by atoms with E-state index in [2.05, 4.69) is 58.4 Å². The van der Waals surface area contributed by atoms with Gasteiger partial charge in [0.2, 0.25) is 17.8 Å². The predicted octanol–water partition coefficient (Wildman–Crippen LogP) is 6.08. The van der Waals surface area contributed by atoms with Crippen molar-refractivity contribution in [3.8, 4) is 5.95 Å². The number of imidazole rings is 1. The van der Waals surface area contributed by atoms with Gasteiger partial charge in [0, 0.05) is 18.6 Å². The number of benzene rings is 2. The second kappa shape index (κ2) is 11.1. The number of anilines is 2. The Morgan fingerprint density at radius 3 is 2.40 bits per heavy atom. The fourth-order valence-electron chi connectivity index (χ4n) is 5.97. The number of para-hydroxylation sites is 2. The van der Waals surface area contributed by atoms with Gasteiger partial charge in [0.05, 0.1) is 24.2 Å². The minimum atomic E-state index is -2.80. The lowest BCUT2D eigenvalue weighted by atomic mass is 9.86. The van der Waals surface area contributed by atoms with Gasteiger partial charge in [0.1, 0.15) is 0 Å². The first-order valence-corrected chi connectivity index (χ1v) is 14.1. The van der Waals surface area contributed by atoms with Gasteiger partial charge in [-0.25, -0.2) is 13.8 Å². The molecule has 0 amide bonds. The number of alkyl halides is 2. The van der Waals surface area contributed by atoms with Crippen LogP contribution in [0.15, 0.2) is 48.5 Å². The molecule has 0 radical (unpaired) electrons. The summed E-state index contributed by atoms with van der Waals surface area (Å²) in [7, 11) is 0. The maximum Gasteiger partial charge on any atom is 0.296 e. The molecule has 40 heavy (non-hydrogen) atoms. The molecule has 3 heterocycles. The van der Waals surface area contributed by atoms with Crippen LogP contribution in [0.2, 0.25) is 0 Å². The molecule has 4 aromatic rings. The summed E-state index contributed by atoms with van der Waals surface area (Å²) in [5.41, 5.74) is 3.30. The Kier molecular flexibility index (Phi) is 7.35. The summed E-state index contributed by atoms with van der Waals surface area (Å²) in [6.45, 7) is 6.54. The van der Waals surface area contributed by atoms with Crippen molar-refractivity contribution in [3.63, 3.8) is 0 Å². The van der Waals surface area contributed by atoms with Crippen molar-refractivity contribution in [2.75, 3.05) is 36.5 Å². The van der Waals surface area contributed by atoms with E-state index in [9.17, 15) is 8.78 Å². The lowest BCUT2D eigenvalue weighted by Crippen LogP contribution is -2.39. The molecule has 1 N–H and O–H groups in total. The molecule has 0 bridgehead atoms. The molecule has 2 aromatic heterocycles. The fraction of sp³-hybridized carbons (Fsp3) is 0.467. The van der Waals surface area contributed by atoms with Gasteiger partial charge in [-0.3, -0.25) is 4.57 Å². The second-order valence-electron chi connectivity index (χ2n) is 11.3. The first-order chi connectivity index (χ1) is 19.4. The van der Waals surface area contributed by atoms with E-state index in [1.807, 2.05) is 4.90 Å². The molecule has 1 aliphatic heterocycles. The van der Waals surface area contributed by atoms with E-state index in [4.69, 9.17) is 9.72 Å². The van der Waals surface area contributed by atoms with Gasteiger partial charge >= 0.3 is 0 Å². The van der Waals surface area contributed by atoms with Crippen molar-refractivity contribution < 1.29 is 13.5 Å². The SMILES string of the molecule is CC(C)(Cc1ccccc1C1CCCC1)Nc1nc(N2CCOCC2)nc(-n2c(C(F)F)nc3ccccc32)n1. The molecule has 1 saturated carbocycles. The van der Waals surface area contributed by atoms with Crippen LogP contribution in [0.4, 0.5) is 20.7 Å². The molecule has 0 atom stereocenters. The molecule has 0 unspecified atom stereocenters. The van der Waals surface area contributed by atoms with Crippen LogP contribution in [0.1, 0.15) is 68.8 Å². The van der Waals surface area contributed by atoms with Gasteiger partial charge in [0.15, 0.2) is 5.82 Å². The van der Waals surface area contributed by atoms with Crippen LogP contribution >= 0.6 is 0 Å². The predicted molar refractivity (Wildman–Crippen MR) is 152 cm³/mol. The number of rotatable bonds is 8. The highest BCUT2D eigenvalue weighted by atomic mass is 19.3. The number of halogens is 2. The Morgan fingerprint density at radius 2 is 1.62 bits per heavy atom. The zero-order valence-corrected chi connectivity index (χ0v) is 23.0. The van der Waals surface area contributed by atoms with Gasteiger partial charge in [-0.1, -0.05) is 49.2 Å². The zero-order chi connectivity index (χ0) is 27.7. The first kappa shape index (κ1) is 26.6. The Balaban J connectivity index is 1.38. The number of nitrogens with one attached hydrogen (secondary N) is 1. The zero-order valence-electron chi connectivity index (χ0n) is 23.0. The summed E-state index contributed by atoms with van der Waals surface area (Å²) >= 11 is 0. The molecule has 2 fully saturated rings. The highest BCUT2D eigenvalue weighted by molar-refractivity contribution is 5.77. The van der Waals surface area contributed by atoms with Crippen molar-refractivity contribution in [2.24, 2.45) is 0 Å². The van der Waals surface area contributed by atoms with E-state index in [-0.39, 0.29) is 5.95 Å². The molecular weight excluding hydrogens is 512 g/mol. The normalized spacial score (nSPS) is 16.8. The van der Waals surface area contributed by atoms with Gasteiger partial charge in [-0.15, -0.1) is 0 Å². The lowest BCUT2D eigenvalue weighted by molar-refractivity contribution is 0.122. The number of hydrogen-bond acceptors (Lipinski definition) is 7. The average molecular weight is 548 g/mol. The molecule has 0 spiro atoms. The van der Waals surface area contributed by atoms with Gasteiger partial charge in [-0.05, 0) is 62.3 Å². The smallest absolute Gasteiger partial charge is 0.296 e. The van der Waals surface area contributed by atoms with Crippen LogP contribution in [0.5, 0.6) is 0 Å². The Hall–Kier alpha value is -3.66. The average Bonchev–Trinajstić information content (AvgIpc) is 3.62. The summed E-state index contributed by atoms with van der Waals surface area (Å²) in [5.74, 6) is 1.09. The van der Waals surface area contributed by atoms with Crippen molar-refractivity contribution >= 4 is 22.9 Å². The highest BCUT2D eigenvalue weighted by Gasteiger charge is 2.28. The lowest BCUT2D eigenvalue weighted by Gasteiger charge is -2.30. The van der Waals surface area contributed by atoms with Crippen LogP contribution in [0.25, 0.3) is 17.0 Å². The van der Waals surface area contributed by atoms with Crippen molar-refractivity contribution in [3.05, 3.63) is 65.5 Å². The van der Waals surface area contributed by atoms with Crippen molar-refractivity contribution in [1.29, 1.82) is 0 Å². The summed E-state index contributed by atoms with van der Waals surface area (Å²) in [6.07, 6.45) is 3.00. The molecule has 1 aliphatic carbocycles. The Bertz CT molecular complexity index is 1480. The van der Waals surface area contributed by atoms with E-state index in [0.29, 0.717) is 55.2 Å². The van der Waals surface area contributed by atoms with Gasteiger partial charge in [-0.2, -0.15) is 15.0 Å². The molecule has 2 aromatic carbocycles. The third-order valence-electron chi connectivity index (χ3n) is 7.82. The number of fused-ring (bicyclic) bond motifs is 1. The minimum absolute atomic E-state index is 0.116. The Morgan fingerprint density at radius 1 is 0.925 bits per heavy atom. The monoisotopic (exact) mass is 547 g/mol. The highest BCUT2D eigenvalue weighted by Crippen LogP contribution is 2.37. The van der Waals surface area contributed by atoms with Crippen LogP contribution in [-0.2, 0) is 11.2 Å². The first-order valence-electron chi connectivity index (χ1n) is 14.1. The molecule has 6 rings (SSSR count). The van der Waals surface area contributed by atoms with Crippen molar-refractivity contribution in [1.82, 2.24) is 24.5 Å². The minimum Gasteiger partial charge on any atom is -0.378 e. The maximum absolute atomic E-state index is 14.2. The number of aromatic nitrogens is 5. The van der Waals surface area contributed by atoms with E-state index < -0.39 is 17.8 Å².